The molecule has 0 aromatic heterocycles. The van der Waals surface area contributed by atoms with Crippen LogP contribution in [0.25, 0.3) is 44.2 Å². The maximum atomic E-state index is 5.78. The Labute approximate surface area is 188 Å². The number of hydrogen-bond donors (Lipinski definition) is 0. The van der Waals surface area contributed by atoms with E-state index in [0.29, 0.717) is 0 Å². The molecule has 2 nitrogen and oxygen atoms in total. The minimum absolute atomic E-state index is 0.732. The smallest absolute Gasteiger partial charge is 0.168 e. The van der Waals surface area contributed by atoms with Gasteiger partial charge in [-0.05, 0) is 50.9 Å². The molecule has 0 radical (unpaired) electrons. The molecule has 2 heteroatoms. The van der Waals surface area contributed by atoms with Crippen molar-refractivity contribution >= 4 is 10.8 Å². The van der Waals surface area contributed by atoms with Crippen LogP contribution in [0.4, 0.5) is 0 Å². The predicted molar refractivity (Wildman–Crippen MR) is 133 cm³/mol. The molecule has 0 amide bonds. The molecular formula is C30H24O2. The highest BCUT2D eigenvalue weighted by molar-refractivity contribution is 6.03. The van der Waals surface area contributed by atoms with Gasteiger partial charge in [0.1, 0.15) is 0 Å². The molecule has 0 saturated carbocycles. The van der Waals surface area contributed by atoms with Crippen molar-refractivity contribution in [2.24, 2.45) is 0 Å². The van der Waals surface area contributed by atoms with E-state index in [4.69, 9.17) is 9.47 Å². The Morgan fingerprint density at radius 3 is 1.56 bits per heavy atom. The highest BCUT2D eigenvalue weighted by Gasteiger charge is 2.15. The second-order valence-corrected chi connectivity index (χ2v) is 7.73. The monoisotopic (exact) mass is 416 g/mol. The van der Waals surface area contributed by atoms with Crippen molar-refractivity contribution in [3.05, 3.63) is 109 Å². The van der Waals surface area contributed by atoms with Crippen LogP contribution in [-0.2, 0) is 0 Å². The Morgan fingerprint density at radius 1 is 0.438 bits per heavy atom. The minimum atomic E-state index is 0.732. The third-order valence-electron chi connectivity index (χ3n) is 5.89. The first-order chi connectivity index (χ1) is 15.8. The van der Waals surface area contributed by atoms with Gasteiger partial charge in [-0.15, -0.1) is 0 Å². The van der Waals surface area contributed by atoms with E-state index in [2.05, 4.69) is 97.1 Å². The topological polar surface area (TPSA) is 18.5 Å². The van der Waals surface area contributed by atoms with Crippen molar-refractivity contribution < 1.29 is 9.47 Å². The normalized spacial score (nSPS) is 10.8. The summed E-state index contributed by atoms with van der Waals surface area (Å²) >= 11 is 0. The maximum Gasteiger partial charge on any atom is 0.168 e. The van der Waals surface area contributed by atoms with Crippen LogP contribution >= 0.6 is 0 Å². The summed E-state index contributed by atoms with van der Waals surface area (Å²) in [4.78, 5) is 0. The number of benzene rings is 5. The molecule has 0 bridgehead atoms. The van der Waals surface area contributed by atoms with Crippen LogP contribution in [0.2, 0.25) is 0 Å². The standard InChI is InChI=1S/C30H24O2/c1-31-29-20-27(24-11-7-4-8-12-24)26-18-17-25(19-28(26)30(29)32-2)23-15-13-22(14-16-23)21-9-5-3-6-10-21/h3-20H,1-2H3. The highest BCUT2D eigenvalue weighted by atomic mass is 16.5. The molecule has 5 aromatic rings. The average Bonchev–Trinajstić information content (AvgIpc) is 2.88. The summed E-state index contributed by atoms with van der Waals surface area (Å²) in [6.45, 7) is 0. The van der Waals surface area contributed by atoms with E-state index in [1.54, 1.807) is 14.2 Å². The third kappa shape index (κ3) is 3.61. The van der Waals surface area contributed by atoms with Gasteiger partial charge >= 0.3 is 0 Å². The molecule has 0 aliphatic carbocycles. The summed E-state index contributed by atoms with van der Waals surface area (Å²) in [5, 5.41) is 2.17. The van der Waals surface area contributed by atoms with Crippen LogP contribution in [-0.4, -0.2) is 14.2 Å². The van der Waals surface area contributed by atoms with Gasteiger partial charge in [-0.2, -0.15) is 0 Å². The van der Waals surface area contributed by atoms with E-state index in [9.17, 15) is 0 Å². The van der Waals surface area contributed by atoms with Crippen molar-refractivity contribution in [2.75, 3.05) is 14.2 Å². The van der Waals surface area contributed by atoms with Crippen LogP contribution in [0.1, 0.15) is 0 Å². The van der Waals surface area contributed by atoms with Gasteiger partial charge < -0.3 is 9.47 Å². The molecular weight excluding hydrogens is 392 g/mol. The second kappa shape index (κ2) is 8.60. The lowest BCUT2D eigenvalue weighted by molar-refractivity contribution is 0.358. The number of methoxy groups -OCH3 is 2. The van der Waals surface area contributed by atoms with E-state index in [0.717, 1.165) is 44.5 Å². The Hall–Kier alpha value is -4.04. The first kappa shape index (κ1) is 19.9. The second-order valence-electron chi connectivity index (χ2n) is 7.73. The molecule has 0 spiro atoms. The largest absolute Gasteiger partial charge is 0.493 e. The van der Waals surface area contributed by atoms with Gasteiger partial charge in [0.05, 0.1) is 14.2 Å². The van der Waals surface area contributed by atoms with Crippen molar-refractivity contribution in [1.29, 1.82) is 0 Å². The number of hydrogen-bond acceptors (Lipinski definition) is 2. The quantitative estimate of drug-likeness (QED) is 0.290. The molecule has 0 N–H and O–H groups in total. The molecule has 0 heterocycles. The van der Waals surface area contributed by atoms with E-state index < -0.39 is 0 Å². The van der Waals surface area contributed by atoms with Crippen LogP contribution in [0.15, 0.2) is 109 Å². The lowest BCUT2D eigenvalue weighted by Crippen LogP contribution is -1.94. The van der Waals surface area contributed by atoms with Crippen LogP contribution in [0.3, 0.4) is 0 Å². The zero-order chi connectivity index (χ0) is 21.9. The lowest BCUT2D eigenvalue weighted by Gasteiger charge is -2.16. The molecule has 156 valence electrons. The van der Waals surface area contributed by atoms with E-state index in [1.807, 2.05) is 12.1 Å². The lowest BCUT2D eigenvalue weighted by atomic mass is 9.93. The molecule has 0 fully saturated rings. The van der Waals surface area contributed by atoms with Crippen molar-refractivity contribution in [1.82, 2.24) is 0 Å². The third-order valence-corrected chi connectivity index (χ3v) is 5.89. The first-order valence-corrected chi connectivity index (χ1v) is 10.7. The van der Waals surface area contributed by atoms with Gasteiger partial charge in [0.15, 0.2) is 11.5 Å². The van der Waals surface area contributed by atoms with Gasteiger partial charge in [-0.1, -0.05) is 97.1 Å². The predicted octanol–water partition coefficient (Wildman–Crippen LogP) is 7.86. The molecule has 5 aromatic carbocycles. The van der Waals surface area contributed by atoms with Crippen molar-refractivity contribution in [2.45, 2.75) is 0 Å². The van der Waals surface area contributed by atoms with Gasteiger partial charge in [-0.3, -0.25) is 0 Å². The van der Waals surface area contributed by atoms with Crippen LogP contribution < -0.4 is 9.47 Å². The Morgan fingerprint density at radius 2 is 0.969 bits per heavy atom. The van der Waals surface area contributed by atoms with Crippen molar-refractivity contribution in [3.63, 3.8) is 0 Å². The number of ether oxygens (including phenoxy) is 2. The molecule has 32 heavy (non-hydrogen) atoms. The summed E-state index contributed by atoms with van der Waals surface area (Å²) in [6, 6.07) is 38.1. The zero-order valence-electron chi connectivity index (χ0n) is 18.2. The summed E-state index contributed by atoms with van der Waals surface area (Å²) < 4.78 is 11.5. The van der Waals surface area contributed by atoms with E-state index in [-0.39, 0.29) is 0 Å². The van der Waals surface area contributed by atoms with E-state index >= 15 is 0 Å². The van der Waals surface area contributed by atoms with Crippen LogP contribution in [0, 0.1) is 0 Å². The minimum Gasteiger partial charge on any atom is -0.493 e. The summed E-state index contributed by atoms with van der Waals surface area (Å²) in [7, 11) is 3.38. The van der Waals surface area contributed by atoms with Gasteiger partial charge in [-0.25, -0.2) is 0 Å². The SMILES string of the molecule is COc1cc(-c2ccccc2)c2ccc(-c3ccc(-c4ccccc4)cc3)cc2c1OC. The van der Waals surface area contributed by atoms with Gasteiger partial charge in [0.2, 0.25) is 0 Å². The Bertz CT molecular complexity index is 1360. The zero-order valence-corrected chi connectivity index (χ0v) is 18.2. The van der Waals surface area contributed by atoms with Gasteiger partial charge in [0, 0.05) is 5.39 Å². The molecule has 0 atom stereocenters. The fourth-order valence-corrected chi connectivity index (χ4v) is 4.26. The number of fused-ring (bicyclic) bond motifs is 1. The summed E-state index contributed by atoms with van der Waals surface area (Å²) in [5.41, 5.74) is 7.01. The average molecular weight is 417 g/mol. The van der Waals surface area contributed by atoms with E-state index in [1.165, 1.54) is 11.1 Å². The first-order valence-electron chi connectivity index (χ1n) is 10.7. The molecule has 5 rings (SSSR count). The molecule has 0 aliphatic rings. The van der Waals surface area contributed by atoms with Crippen molar-refractivity contribution in [3.8, 4) is 44.9 Å². The summed E-state index contributed by atoms with van der Waals surface area (Å²) in [5.74, 6) is 1.49. The fraction of sp³-hybridized carbons (Fsp3) is 0.0667. The maximum absolute atomic E-state index is 5.78. The number of rotatable bonds is 5. The molecule has 0 aliphatic heterocycles. The van der Waals surface area contributed by atoms with Gasteiger partial charge in [0.25, 0.3) is 0 Å². The fourth-order valence-electron chi connectivity index (χ4n) is 4.26. The Balaban J connectivity index is 1.65. The Kier molecular flexibility index (Phi) is 5.35. The summed E-state index contributed by atoms with van der Waals surface area (Å²) in [6.07, 6.45) is 0. The molecule has 0 unspecified atom stereocenters. The highest BCUT2D eigenvalue weighted by Crippen LogP contribution is 2.43. The van der Waals surface area contributed by atoms with Crippen LogP contribution in [0.5, 0.6) is 11.5 Å². The molecule has 0 saturated heterocycles.